The summed E-state index contributed by atoms with van der Waals surface area (Å²) >= 11 is 0. The highest BCUT2D eigenvalue weighted by Crippen LogP contribution is 2.22. The van der Waals surface area contributed by atoms with Crippen molar-refractivity contribution in [2.45, 2.75) is 0 Å². The van der Waals surface area contributed by atoms with Crippen LogP contribution in [0.25, 0.3) is 0 Å². The Morgan fingerprint density at radius 2 is 2.45 bits per heavy atom. The highest BCUT2D eigenvalue weighted by atomic mass is 16.5. The van der Waals surface area contributed by atoms with Gasteiger partial charge in [0.2, 0.25) is 0 Å². The third kappa shape index (κ3) is 3.87. The Morgan fingerprint density at radius 1 is 1.64 bits per heavy atom. The van der Waals surface area contributed by atoms with Crippen LogP contribution in [0.15, 0.2) is 18.2 Å². The minimum atomic E-state index is -0.280. The molecule has 0 radical (unpaired) electrons. The molecule has 7 heteroatoms. The number of hydrogen-bond donors (Lipinski definition) is 2. The molecule has 1 saturated heterocycles. The molecule has 0 aromatic heterocycles. The third-order valence-electron chi connectivity index (χ3n) is 3.45. The number of urea groups is 1. The van der Waals surface area contributed by atoms with Crippen molar-refractivity contribution in [1.82, 2.24) is 4.90 Å². The largest absolute Gasteiger partial charge is 0.495 e. The van der Waals surface area contributed by atoms with Gasteiger partial charge in [-0.05, 0) is 18.2 Å². The Balaban J connectivity index is 2.06. The summed E-state index contributed by atoms with van der Waals surface area (Å²) in [5.41, 5.74) is 0.876. The predicted octanol–water partition coefficient (Wildman–Crippen LogP) is 1.04. The van der Waals surface area contributed by atoms with Crippen molar-refractivity contribution in [2.24, 2.45) is 5.92 Å². The molecule has 22 heavy (non-hydrogen) atoms. The fourth-order valence-corrected chi connectivity index (χ4v) is 2.25. The second-order valence-corrected chi connectivity index (χ2v) is 5.03. The summed E-state index contributed by atoms with van der Waals surface area (Å²) in [6.07, 6.45) is 0. The molecule has 1 fully saturated rings. The van der Waals surface area contributed by atoms with Gasteiger partial charge in [-0.2, -0.15) is 5.26 Å². The summed E-state index contributed by atoms with van der Waals surface area (Å²) < 4.78 is 10.4. The molecule has 7 nitrogen and oxygen atoms in total. The zero-order chi connectivity index (χ0) is 15.9. The number of nitrogens with zero attached hydrogens (tertiary/aromatic N) is 2. The van der Waals surface area contributed by atoms with E-state index < -0.39 is 0 Å². The SMILES string of the molecule is COc1ccc(NC(=O)N2CCOC[C@H](CO)C2)cc1C#N. The number of carbonyl (C=O) groups is 1. The lowest BCUT2D eigenvalue weighted by Gasteiger charge is -2.23. The first-order chi connectivity index (χ1) is 10.7. The standard InChI is InChI=1S/C15H19N3O4/c1-21-14-3-2-13(6-12(14)7-16)17-15(20)18-4-5-22-10-11(8-18)9-19/h2-3,6,11,19H,4-5,8-10H2,1H3,(H,17,20)/t11-/m0/s1. The van der Waals surface area contributed by atoms with E-state index in [2.05, 4.69) is 5.32 Å². The van der Waals surface area contributed by atoms with E-state index in [4.69, 9.17) is 14.7 Å². The molecule has 1 heterocycles. The van der Waals surface area contributed by atoms with Gasteiger partial charge in [0, 0.05) is 31.3 Å². The van der Waals surface area contributed by atoms with E-state index in [1.54, 1.807) is 23.1 Å². The summed E-state index contributed by atoms with van der Waals surface area (Å²) in [7, 11) is 1.49. The maximum atomic E-state index is 12.3. The average Bonchev–Trinajstić information content (AvgIpc) is 2.80. The minimum absolute atomic E-state index is 0.0229. The van der Waals surface area contributed by atoms with Crippen molar-refractivity contribution in [3.8, 4) is 11.8 Å². The Morgan fingerprint density at radius 3 is 3.14 bits per heavy atom. The van der Waals surface area contributed by atoms with Crippen molar-refractivity contribution in [2.75, 3.05) is 45.3 Å². The highest BCUT2D eigenvalue weighted by molar-refractivity contribution is 5.89. The lowest BCUT2D eigenvalue weighted by Crippen LogP contribution is -2.39. The van der Waals surface area contributed by atoms with Crippen molar-refractivity contribution >= 4 is 11.7 Å². The number of rotatable bonds is 3. The van der Waals surface area contributed by atoms with Crippen LogP contribution in [-0.2, 0) is 4.74 Å². The number of nitrogens with one attached hydrogen (secondary N) is 1. The van der Waals surface area contributed by atoms with Crippen LogP contribution in [0.4, 0.5) is 10.5 Å². The van der Waals surface area contributed by atoms with Crippen LogP contribution in [0.2, 0.25) is 0 Å². The molecule has 0 unspecified atom stereocenters. The number of methoxy groups -OCH3 is 1. The van der Waals surface area contributed by atoms with Gasteiger partial charge in [0.05, 0.1) is 25.9 Å². The van der Waals surface area contributed by atoms with Gasteiger partial charge in [0.1, 0.15) is 11.8 Å². The first-order valence-corrected chi connectivity index (χ1v) is 7.00. The van der Waals surface area contributed by atoms with Gasteiger partial charge in [-0.15, -0.1) is 0 Å². The van der Waals surface area contributed by atoms with Gasteiger partial charge in [-0.1, -0.05) is 0 Å². The maximum absolute atomic E-state index is 12.3. The predicted molar refractivity (Wildman–Crippen MR) is 79.7 cm³/mol. The maximum Gasteiger partial charge on any atom is 0.321 e. The van der Waals surface area contributed by atoms with Crippen LogP contribution >= 0.6 is 0 Å². The third-order valence-corrected chi connectivity index (χ3v) is 3.45. The molecular weight excluding hydrogens is 286 g/mol. The number of ether oxygens (including phenoxy) is 2. The summed E-state index contributed by atoms with van der Waals surface area (Å²) in [5.74, 6) is 0.378. The van der Waals surface area contributed by atoms with Gasteiger partial charge in [0.25, 0.3) is 0 Å². The summed E-state index contributed by atoms with van der Waals surface area (Å²) in [6.45, 7) is 1.76. The quantitative estimate of drug-likeness (QED) is 0.870. The molecule has 0 saturated carbocycles. The van der Waals surface area contributed by atoms with Crippen LogP contribution < -0.4 is 10.1 Å². The van der Waals surface area contributed by atoms with Gasteiger partial charge in [-0.3, -0.25) is 0 Å². The molecule has 0 bridgehead atoms. The van der Waals surface area contributed by atoms with Gasteiger partial charge >= 0.3 is 6.03 Å². The second kappa shape index (κ2) is 7.64. The zero-order valence-corrected chi connectivity index (χ0v) is 12.4. The van der Waals surface area contributed by atoms with Crippen LogP contribution in [0.1, 0.15) is 5.56 Å². The smallest absolute Gasteiger partial charge is 0.321 e. The van der Waals surface area contributed by atoms with Crippen molar-refractivity contribution in [3.05, 3.63) is 23.8 Å². The fraction of sp³-hybridized carbons (Fsp3) is 0.467. The van der Waals surface area contributed by atoms with E-state index in [-0.39, 0.29) is 18.6 Å². The Labute approximate surface area is 129 Å². The molecule has 1 atom stereocenters. The average molecular weight is 305 g/mol. The van der Waals surface area contributed by atoms with E-state index in [9.17, 15) is 9.90 Å². The van der Waals surface area contributed by atoms with E-state index in [0.717, 1.165) is 0 Å². The number of hydrogen-bond acceptors (Lipinski definition) is 5. The molecule has 1 aromatic carbocycles. The molecular formula is C15H19N3O4. The Bertz CT molecular complexity index is 570. The van der Waals surface area contributed by atoms with Crippen molar-refractivity contribution < 1.29 is 19.4 Å². The molecule has 2 amide bonds. The highest BCUT2D eigenvalue weighted by Gasteiger charge is 2.22. The molecule has 0 aliphatic carbocycles. The van der Waals surface area contributed by atoms with Crippen molar-refractivity contribution in [3.63, 3.8) is 0 Å². The van der Waals surface area contributed by atoms with Crippen LogP contribution in [-0.4, -0.2) is 56.1 Å². The van der Waals surface area contributed by atoms with Crippen LogP contribution in [0, 0.1) is 17.2 Å². The lowest BCUT2D eigenvalue weighted by molar-refractivity contribution is 0.0958. The Hall–Kier alpha value is -2.30. The van der Waals surface area contributed by atoms with E-state index in [1.165, 1.54) is 7.11 Å². The molecule has 2 rings (SSSR count). The Kier molecular flexibility index (Phi) is 5.58. The molecule has 2 N–H and O–H groups in total. The molecule has 118 valence electrons. The second-order valence-electron chi connectivity index (χ2n) is 5.03. The van der Waals surface area contributed by atoms with Gasteiger partial charge in [0.15, 0.2) is 0 Å². The zero-order valence-electron chi connectivity index (χ0n) is 12.4. The van der Waals surface area contributed by atoms with E-state index >= 15 is 0 Å². The van der Waals surface area contributed by atoms with Crippen LogP contribution in [0.3, 0.4) is 0 Å². The number of carbonyl (C=O) groups excluding carboxylic acids is 1. The monoisotopic (exact) mass is 305 g/mol. The summed E-state index contributed by atoms with van der Waals surface area (Å²) in [6, 6.07) is 6.62. The van der Waals surface area contributed by atoms with Crippen molar-refractivity contribution in [1.29, 1.82) is 5.26 Å². The fourth-order valence-electron chi connectivity index (χ4n) is 2.25. The van der Waals surface area contributed by atoms with Crippen LogP contribution in [0.5, 0.6) is 5.75 Å². The normalized spacial score (nSPS) is 18.2. The lowest BCUT2D eigenvalue weighted by atomic mass is 10.1. The molecule has 1 aromatic rings. The summed E-state index contributed by atoms with van der Waals surface area (Å²) in [5, 5.41) is 21.1. The first kappa shape index (κ1) is 16.1. The van der Waals surface area contributed by atoms with E-state index in [1.807, 2.05) is 6.07 Å². The minimum Gasteiger partial charge on any atom is -0.495 e. The number of aliphatic hydroxyl groups is 1. The first-order valence-electron chi connectivity index (χ1n) is 7.00. The molecule has 1 aliphatic rings. The number of anilines is 1. The van der Waals surface area contributed by atoms with Gasteiger partial charge in [-0.25, -0.2) is 4.79 Å². The topological polar surface area (TPSA) is 94.8 Å². The molecule has 1 aliphatic heterocycles. The number of aliphatic hydroxyl groups excluding tert-OH is 1. The van der Waals surface area contributed by atoms with Gasteiger partial charge < -0.3 is 24.8 Å². The van der Waals surface area contributed by atoms with E-state index in [0.29, 0.717) is 43.3 Å². The summed E-state index contributed by atoms with van der Waals surface area (Å²) in [4.78, 5) is 13.9. The molecule has 0 spiro atoms. The number of amides is 2. The number of benzene rings is 1. The number of nitriles is 1.